The lowest BCUT2D eigenvalue weighted by Crippen LogP contribution is -2.38. The molecule has 1 rings (SSSR count). The van der Waals surface area contributed by atoms with Crippen LogP contribution in [0.3, 0.4) is 0 Å². The fraction of sp³-hybridized carbons (Fsp3) is 1.00. The third-order valence-corrected chi connectivity index (χ3v) is 4.14. The highest BCUT2D eigenvalue weighted by atomic mass is 32.2. The average Bonchev–Trinajstić information content (AvgIpc) is 2.16. The molecule has 0 saturated heterocycles. The Morgan fingerprint density at radius 2 is 2.00 bits per heavy atom. The summed E-state index contributed by atoms with van der Waals surface area (Å²) in [6, 6.07) is 0.407. The minimum Gasteiger partial charge on any atom is -0.317 e. The Bertz CT molecular complexity index is 208. The lowest BCUT2D eigenvalue weighted by atomic mass is 9.77. The first-order chi connectivity index (χ1) is 7.42. The second kappa shape index (κ2) is 6.15. The van der Waals surface area contributed by atoms with Crippen LogP contribution >= 0.6 is 11.8 Å². The van der Waals surface area contributed by atoms with Gasteiger partial charge in [-0.15, -0.1) is 0 Å². The largest absolute Gasteiger partial charge is 0.441 e. The highest BCUT2D eigenvalue weighted by molar-refractivity contribution is 8.00. The first-order valence-electron chi connectivity index (χ1n) is 5.80. The maximum absolute atomic E-state index is 12.0. The lowest BCUT2D eigenvalue weighted by molar-refractivity contribution is -0.0328. The number of hydrogen-bond donors (Lipinski definition) is 1. The van der Waals surface area contributed by atoms with E-state index in [1.165, 1.54) is 6.42 Å². The van der Waals surface area contributed by atoms with Crippen LogP contribution in [0.2, 0.25) is 0 Å². The van der Waals surface area contributed by atoms with Crippen molar-refractivity contribution in [1.82, 2.24) is 5.32 Å². The van der Waals surface area contributed by atoms with Gasteiger partial charge in [0.15, 0.2) is 0 Å². The standard InChI is InChI=1S/C11H20F3NS/c1-8-3-4-10(15-2)9(7-8)5-6-16-11(12,13)14/h8-10,15H,3-7H2,1-2H3. The molecule has 0 bridgehead atoms. The molecule has 0 radical (unpaired) electrons. The molecular formula is C11H20F3NS. The number of nitrogens with one attached hydrogen (secondary N) is 1. The first-order valence-corrected chi connectivity index (χ1v) is 6.79. The van der Waals surface area contributed by atoms with Crippen LogP contribution in [0.15, 0.2) is 0 Å². The smallest absolute Gasteiger partial charge is 0.317 e. The zero-order valence-electron chi connectivity index (χ0n) is 9.81. The van der Waals surface area contributed by atoms with Crippen LogP contribution in [-0.4, -0.2) is 24.4 Å². The van der Waals surface area contributed by atoms with Gasteiger partial charge < -0.3 is 5.32 Å². The van der Waals surface area contributed by atoms with E-state index in [1.54, 1.807) is 0 Å². The predicted octanol–water partition coefficient (Wildman–Crippen LogP) is 3.65. The number of hydrogen-bond acceptors (Lipinski definition) is 2. The maximum atomic E-state index is 12.0. The summed E-state index contributed by atoms with van der Waals surface area (Å²) in [6.07, 6.45) is 4.01. The van der Waals surface area contributed by atoms with E-state index in [9.17, 15) is 13.2 Å². The number of thioether (sulfide) groups is 1. The van der Waals surface area contributed by atoms with Crippen LogP contribution in [0.25, 0.3) is 0 Å². The van der Waals surface area contributed by atoms with E-state index in [1.807, 2.05) is 7.05 Å². The van der Waals surface area contributed by atoms with Gasteiger partial charge in [-0.1, -0.05) is 18.7 Å². The first kappa shape index (κ1) is 14.2. The summed E-state index contributed by atoms with van der Waals surface area (Å²) in [5, 5.41) is 3.23. The molecule has 1 fully saturated rings. The van der Waals surface area contributed by atoms with E-state index in [0.717, 1.165) is 12.8 Å². The summed E-state index contributed by atoms with van der Waals surface area (Å²) in [5.74, 6) is 1.26. The van der Waals surface area contributed by atoms with Crippen molar-refractivity contribution in [3.63, 3.8) is 0 Å². The van der Waals surface area contributed by atoms with Crippen LogP contribution in [-0.2, 0) is 0 Å². The zero-order valence-corrected chi connectivity index (χ0v) is 10.6. The van der Waals surface area contributed by atoms with Gasteiger partial charge in [-0.3, -0.25) is 0 Å². The molecular weight excluding hydrogens is 235 g/mol. The highest BCUT2D eigenvalue weighted by Gasteiger charge is 2.31. The second-order valence-corrected chi connectivity index (χ2v) is 5.82. The molecule has 1 aliphatic rings. The van der Waals surface area contributed by atoms with E-state index in [2.05, 4.69) is 12.2 Å². The Hall–Kier alpha value is 0.100. The molecule has 0 aliphatic heterocycles. The summed E-state index contributed by atoms with van der Waals surface area (Å²) < 4.78 is 36.0. The Kier molecular flexibility index (Phi) is 5.44. The Labute approximate surface area is 99.6 Å². The van der Waals surface area contributed by atoms with Gasteiger partial charge in [0.25, 0.3) is 0 Å². The Morgan fingerprint density at radius 3 is 2.56 bits per heavy atom. The van der Waals surface area contributed by atoms with Crippen molar-refractivity contribution < 1.29 is 13.2 Å². The Balaban J connectivity index is 2.32. The Morgan fingerprint density at radius 1 is 1.31 bits per heavy atom. The molecule has 1 nitrogen and oxygen atoms in total. The van der Waals surface area contributed by atoms with Crippen LogP contribution in [0, 0.1) is 11.8 Å². The second-order valence-electron chi connectivity index (χ2n) is 4.66. The molecule has 0 heterocycles. The fourth-order valence-corrected chi connectivity index (χ4v) is 3.18. The molecule has 3 atom stereocenters. The van der Waals surface area contributed by atoms with Gasteiger partial charge in [0.2, 0.25) is 0 Å². The van der Waals surface area contributed by atoms with E-state index < -0.39 is 5.51 Å². The summed E-state index contributed by atoms with van der Waals surface area (Å²) >= 11 is 0.113. The molecule has 1 N–H and O–H groups in total. The van der Waals surface area contributed by atoms with E-state index >= 15 is 0 Å². The zero-order chi connectivity index (χ0) is 12.2. The third kappa shape index (κ3) is 4.95. The summed E-state index contributed by atoms with van der Waals surface area (Å²) in [6.45, 7) is 2.19. The molecule has 16 heavy (non-hydrogen) atoms. The van der Waals surface area contributed by atoms with E-state index in [-0.39, 0.29) is 17.5 Å². The van der Waals surface area contributed by atoms with Crippen molar-refractivity contribution in [1.29, 1.82) is 0 Å². The molecule has 0 aromatic carbocycles. The normalized spacial score (nSPS) is 31.7. The third-order valence-electron chi connectivity index (χ3n) is 3.37. The van der Waals surface area contributed by atoms with Gasteiger partial charge in [-0.05, 0) is 44.6 Å². The van der Waals surface area contributed by atoms with E-state index in [0.29, 0.717) is 24.3 Å². The van der Waals surface area contributed by atoms with Crippen LogP contribution in [0.5, 0.6) is 0 Å². The predicted molar refractivity (Wildman–Crippen MR) is 62.5 cm³/mol. The van der Waals surface area contributed by atoms with Crippen molar-refractivity contribution in [2.24, 2.45) is 11.8 Å². The molecule has 3 unspecified atom stereocenters. The SMILES string of the molecule is CNC1CCC(C)CC1CCSC(F)(F)F. The monoisotopic (exact) mass is 255 g/mol. The van der Waals surface area contributed by atoms with Crippen LogP contribution < -0.4 is 5.32 Å². The molecule has 96 valence electrons. The summed E-state index contributed by atoms with van der Waals surface area (Å²) in [7, 11) is 1.91. The molecule has 0 aromatic rings. The molecule has 5 heteroatoms. The van der Waals surface area contributed by atoms with Crippen molar-refractivity contribution >= 4 is 11.8 Å². The minimum absolute atomic E-state index is 0.113. The fourth-order valence-electron chi connectivity index (χ4n) is 2.52. The van der Waals surface area contributed by atoms with Gasteiger partial charge in [0.05, 0.1) is 0 Å². The highest BCUT2D eigenvalue weighted by Crippen LogP contribution is 2.35. The molecule has 1 aliphatic carbocycles. The topological polar surface area (TPSA) is 12.0 Å². The van der Waals surface area contributed by atoms with Gasteiger partial charge in [0.1, 0.15) is 0 Å². The van der Waals surface area contributed by atoms with Crippen molar-refractivity contribution in [2.45, 2.75) is 44.2 Å². The summed E-state index contributed by atoms with van der Waals surface area (Å²) in [5.41, 5.74) is -4.07. The number of rotatable bonds is 4. The molecule has 0 aromatic heterocycles. The average molecular weight is 255 g/mol. The van der Waals surface area contributed by atoms with E-state index in [4.69, 9.17) is 0 Å². The van der Waals surface area contributed by atoms with Crippen LogP contribution in [0.1, 0.15) is 32.6 Å². The minimum atomic E-state index is -4.07. The number of alkyl halides is 3. The maximum Gasteiger partial charge on any atom is 0.441 e. The lowest BCUT2D eigenvalue weighted by Gasteiger charge is -2.34. The molecule has 0 spiro atoms. The van der Waals surface area contributed by atoms with Gasteiger partial charge in [0, 0.05) is 11.8 Å². The number of halogens is 3. The van der Waals surface area contributed by atoms with Gasteiger partial charge in [-0.25, -0.2) is 0 Å². The summed E-state index contributed by atoms with van der Waals surface area (Å²) in [4.78, 5) is 0. The van der Waals surface area contributed by atoms with Crippen molar-refractivity contribution in [3.05, 3.63) is 0 Å². The molecule has 1 saturated carbocycles. The quantitative estimate of drug-likeness (QED) is 0.823. The van der Waals surface area contributed by atoms with Crippen molar-refractivity contribution in [3.8, 4) is 0 Å². The van der Waals surface area contributed by atoms with Gasteiger partial charge >= 0.3 is 5.51 Å². The van der Waals surface area contributed by atoms with Gasteiger partial charge in [-0.2, -0.15) is 13.2 Å². The van der Waals surface area contributed by atoms with Crippen LogP contribution in [0.4, 0.5) is 13.2 Å². The van der Waals surface area contributed by atoms with Crippen molar-refractivity contribution in [2.75, 3.05) is 12.8 Å². The molecule has 0 amide bonds.